The molecule has 0 saturated heterocycles. The van der Waals surface area contributed by atoms with Gasteiger partial charge in [0.1, 0.15) is 0 Å². The van der Waals surface area contributed by atoms with Gasteiger partial charge >= 0.3 is 5.97 Å². The molecule has 1 aromatic rings. The van der Waals surface area contributed by atoms with Gasteiger partial charge < -0.3 is 4.74 Å². The molecule has 0 atom stereocenters. The summed E-state index contributed by atoms with van der Waals surface area (Å²) in [5, 5.41) is 0. The predicted molar refractivity (Wildman–Crippen MR) is 67.3 cm³/mol. The molecule has 0 bridgehead atoms. The minimum Gasteiger partial charge on any atom is -0.463 e. The molecule has 3 nitrogen and oxygen atoms in total. The van der Waals surface area contributed by atoms with E-state index in [0.717, 1.165) is 11.3 Å². The molecule has 0 fully saturated rings. The lowest BCUT2D eigenvalue weighted by Crippen LogP contribution is -2.15. The van der Waals surface area contributed by atoms with Crippen LogP contribution in [0.1, 0.15) is 37.0 Å². The standard InChI is InChI=1S/C14H17NO2/c1-9(2)17-14(16)7-13-11-6-4-5-10(3)12(11)8-15-13/h4-6,9H,7-8H2,1-3H3. The van der Waals surface area contributed by atoms with Gasteiger partial charge in [-0.05, 0) is 31.9 Å². The fraction of sp³-hybridized carbons (Fsp3) is 0.429. The fourth-order valence-corrected chi connectivity index (χ4v) is 2.03. The van der Waals surface area contributed by atoms with Crippen LogP contribution in [0.2, 0.25) is 0 Å². The zero-order valence-corrected chi connectivity index (χ0v) is 10.5. The zero-order chi connectivity index (χ0) is 12.4. The van der Waals surface area contributed by atoms with E-state index < -0.39 is 0 Å². The van der Waals surface area contributed by atoms with Crippen LogP contribution in [0.25, 0.3) is 0 Å². The number of carbonyl (C=O) groups is 1. The van der Waals surface area contributed by atoms with E-state index in [1.807, 2.05) is 26.0 Å². The summed E-state index contributed by atoms with van der Waals surface area (Å²) in [7, 11) is 0. The molecule has 1 aliphatic rings. The molecule has 0 unspecified atom stereocenters. The highest BCUT2D eigenvalue weighted by Crippen LogP contribution is 2.23. The lowest BCUT2D eigenvalue weighted by molar-refractivity contribution is -0.145. The summed E-state index contributed by atoms with van der Waals surface area (Å²) in [5.41, 5.74) is 4.43. The second kappa shape index (κ2) is 4.70. The number of hydrogen-bond donors (Lipinski definition) is 0. The minimum atomic E-state index is -0.201. The molecule has 0 radical (unpaired) electrons. The van der Waals surface area contributed by atoms with E-state index in [9.17, 15) is 4.79 Å². The Hall–Kier alpha value is -1.64. The largest absolute Gasteiger partial charge is 0.463 e. The number of hydrogen-bond acceptors (Lipinski definition) is 3. The number of ether oxygens (including phenoxy) is 1. The van der Waals surface area contributed by atoms with E-state index in [4.69, 9.17) is 4.74 Å². The van der Waals surface area contributed by atoms with E-state index in [0.29, 0.717) is 6.54 Å². The highest BCUT2D eigenvalue weighted by atomic mass is 16.5. The normalized spacial score (nSPS) is 13.5. The summed E-state index contributed by atoms with van der Waals surface area (Å²) >= 11 is 0. The third-order valence-electron chi connectivity index (χ3n) is 2.83. The van der Waals surface area contributed by atoms with Crippen LogP contribution in [0.4, 0.5) is 0 Å². The van der Waals surface area contributed by atoms with Crippen LogP contribution in [-0.4, -0.2) is 17.8 Å². The van der Waals surface area contributed by atoms with Gasteiger partial charge in [0.2, 0.25) is 0 Å². The van der Waals surface area contributed by atoms with Gasteiger partial charge in [0.05, 0.1) is 24.8 Å². The van der Waals surface area contributed by atoms with Crippen LogP contribution in [0.3, 0.4) is 0 Å². The first kappa shape index (κ1) is 11.8. The van der Waals surface area contributed by atoms with Crippen molar-refractivity contribution in [3.05, 3.63) is 34.9 Å². The quantitative estimate of drug-likeness (QED) is 0.750. The van der Waals surface area contributed by atoms with Crippen molar-refractivity contribution in [3.63, 3.8) is 0 Å². The predicted octanol–water partition coefficient (Wildman–Crippen LogP) is 2.64. The van der Waals surface area contributed by atoms with Gasteiger partial charge in [0.15, 0.2) is 0 Å². The van der Waals surface area contributed by atoms with Crippen LogP contribution in [-0.2, 0) is 16.1 Å². The summed E-state index contributed by atoms with van der Waals surface area (Å²) in [4.78, 5) is 16.0. The average Bonchev–Trinajstić information content (AvgIpc) is 2.62. The molecule has 1 aliphatic heterocycles. The highest BCUT2D eigenvalue weighted by molar-refractivity contribution is 6.11. The molecule has 90 valence electrons. The third kappa shape index (κ3) is 2.54. The molecule has 0 N–H and O–H groups in total. The van der Waals surface area contributed by atoms with E-state index >= 15 is 0 Å². The molecule has 0 saturated carbocycles. The lowest BCUT2D eigenvalue weighted by atomic mass is 10.00. The zero-order valence-electron chi connectivity index (χ0n) is 10.5. The Balaban J connectivity index is 2.12. The van der Waals surface area contributed by atoms with Gasteiger partial charge in [0.25, 0.3) is 0 Å². The fourth-order valence-electron chi connectivity index (χ4n) is 2.03. The van der Waals surface area contributed by atoms with Crippen LogP contribution < -0.4 is 0 Å². The molecule has 3 heteroatoms. The number of esters is 1. The van der Waals surface area contributed by atoms with Crippen molar-refractivity contribution in [1.82, 2.24) is 0 Å². The summed E-state index contributed by atoms with van der Waals surface area (Å²) in [6.45, 7) is 6.47. The number of nitrogens with zero attached hydrogens (tertiary/aromatic N) is 1. The first-order valence-corrected chi connectivity index (χ1v) is 5.89. The van der Waals surface area contributed by atoms with Gasteiger partial charge in [-0.15, -0.1) is 0 Å². The van der Waals surface area contributed by atoms with Crippen molar-refractivity contribution >= 4 is 11.7 Å². The van der Waals surface area contributed by atoms with Gasteiger partial charge in [-0.1, -0.05) is 18.2 Å². The number of rotatable bonds is 3. The summed E-state index contributed by atoms with van der Waals surface area (Å²) < 4.78 is 5.14. The van der Waals surface area contributed by atoms with Crippen molar-refractivity contribution < 1.29 is 9.53 Å². The summed E-state index contributed by atoms with van der Waals surface area (Å²) in [6.07, 6.45) is 0.204. The number of carbonyl (C=O) groups excluding carboxylic acids is 1. The van der Waals surface area contributed by atoms with Gasteiger partial charge in [-0.3, -0.25) is 9.79 Å². The molecule has 2 rings (SSSR count). The van der Waals surface area contributed by atoms with E-state index in [2.05, 4.69) is 18.0 Å². The van der Waals surface area contributed by atoms with E-state index in [1.165, 1.54) is 11.1 Å². The van der Waals surface area contributed by atoms with Crippen molar-refractivity contribution in [2.45, 2.75) is 39.8 Å². The van der Waals surface area contributed by atoms with E-state index in [1.54, 1.807) is 0 Å². The SMILES string of the molecule is Cc1cccc2c1CN=C2CC(=O)OC(C)C. The third-order valence-corrected chi connectivity index (χ3v) is 2.83. The summed E-state index contributed by atoms with van der Waals surface area (Å²) in [5.74, 6) is -0.201. The Morgan fingerprint density at radius 3 is 2.94 bits per heavy atom. The van der Waals surface area contributed by atoms with Gasteiger partial charge in [-0.2, -0.15) is 0 Å². The maximum Gasteiger partial charge on any atom is 0.312 e. The van der Waals surface area contributed by atoms with Crippen LogP contribution >= 0.6 is 0 Å². The number of fused-ring (bicyclic) bond motifs is 1. The lowest BCUT2D eigenvalue weighted by Gasteiger charge is -2.08. The van der Waals surface area contributed by atoms with Gasteiger partial charge in [-0.25, -0.2) is 0 Å². The molecule has 0 aliphatic carbocycles. The monoisotopic (exact) mass is 231 g/mol. The Morgan fingerprint density at radius 2 is 2.24 bits per heavy atom. The van der Waals surface area contributed by atoms with Crippen LogP contribution in [0.15, 0.2) is 23.2 Å². The Morgan fingerprint density at radius 1 is 1.47 bits per heavy atom. The molecule has 1 aromatic carbocycles. The second-order valence-corrected chi connectivity index (χ2v) is 4.58. The topological polar surface area (TPSA) is 38.7 Å². The number of benzene rings is 1. The molecule has 1 heterocycles. The molecular weight excluding hydrogens is 214 g/mol. The molecule has 0 aromatic heterocycles. The summed E-state index contributed by atoms with van der Waals surface area (Å²) in [6, 6.07) is 6.10. The Bertz CT molecular complexity index is 475. The highest BCUT2D eigenvalue weighted by Gasteiger charge is 2.20. The van der Waals surface area contributed by atoms with Crippen molar-refractivity contribution in [2.24, 2.45) is 4.99 Å². The van der Waals surface area contributed by atoms with Crippen molar-refractivity contribution in [1.29, 1.82) is 0 Å². The Labute approximate surface area is 102 Å². The van der Waals surface area contributed by atoms with Crippen molar-refractivity contribution in [3.8, 4) is 0 Å². The molecule has 0 spiro atoms. The first-order valence-electron chi connectivity index (χ1n) is 5.89. The smallest absolute Gasteiger partial charge is 0.312 e. The van der Waals surface area contributed by atoms with Crippen molar-refractivity contribution in [2.75, 3.05) is 0 Å². The number of aliphatic imine (C=N–C) groups is 1. The average molecular weight is 231 g/mol. The first-order chi connectivity index (χ1) is 8.08. The second-order valence-electron chi connectivity index (χ2n) is 4.58. The number of aryl methyl sites for hydroxylation is 1. The molecular formula is C14H17NO2. The van der Waals surface area contributed by atoms with Crippen LogP contribution in [0, 0.1) is 6.92 Å². The van der Waals surface area contributed by atoms with Gasteiger partial charge in [0, 0.05) is 5.56 Å². The Kier molecular flexibility index (Phi) is 3.27. The maximum atomic E-state index is 11.6. The maximum absolute atomic E-state index is 11.6. The molecule has 17 heavy (non-hydrogen) atoms. The molecule has 0 amide bonds. The van der Waals surface area contributed by atoms with Crippen LogP contribution in [0.5, 0.6) is 0 Å². The van der Waals surface area contributed by atoms with E-state index in [-0.39, 0.29) is 18.5 Å². The minimum absolute atomic E-state index is 0.0681.